The molecule has 2 N–H and O–H groups in total. The van der Waals surface area contributed by atoms with Crippen molar-refractivity contribution in [3.8, 4) is 0 Å². The van der Waals surface area contributed by atoms with Gasteiger partial charge in [0, 0.05) is 39.4 Å². The largest absolute Gasteiger partial charge is 0.339 e. The fourth-order valence-electron chi connectivity index (χ4n) is 1.87. The van der Waals surface area contributed by atoms with Gasteiger partial charge in [-0.15, -0.1) is 12.4 Å². The van der Waals surface area contributed by atoms with Crippen molar-refractivity contribution < 1.29 is 9.59 Å². The fraction of sp³-hybridized carbons (Fsp3) is 0.545. The van der Waals surface area contributed by atoms with Crippen LogP contribution in [0.2, 0.25) is 0 Å². The topological polar surface area (TPSA) is 81.3 Å². The molecule has 8 heteroatoms. The molecular weight excluding hydrogens is 270 g/mol. The Morgan fingerprint density at radius 3 is 2.68 bits per heavy atom. The zero-order chi connectivity index (χ0) is 13.0. The third kappa shape index (κ3) is 3.93. The number of amides is 2. The van der Waals surface area contributed by atoms with Crippen molar-refractivity contribution in [1.29, 1.82) is 0 Å². The smallest absolute Gasteiger partial charge is 0.272 e. The van der Waals surface area contributed by atoms with E-state index in [1.807, 2.05) is 0 Å². The molecule has 0 atom stereocenters. The highest BCUT2D eigenvalue weighted by atomic mass is 35.5. The molecule has 2 rings (SSSR count). The van der Waals surface area contributed by atoms with Gasteiger partial charge in [-0.25, -0.2) is 0 Å². The summed E-state index contributed by atoms with van der Waals surface area (Å²) in [5.74, 6) is -0.247. The Morgan fingerprint density at radius 1 is 1.42 bits per heavy atom. The van der Waals surface area contributed by atoms with Crippen LogP contribution < -0.4 is 5.32 Å². The Morgan fingerprint density at radius 2 is 2.11 bits per heavy atom. The van der Waals surface area contributed by atoms with Crippen LogP contribution in [0.25, 0.3) is 0 Å². The summed E-state index contributed by atoms with van der Waals surface area (Å²) in [7, 11) is 1.61. The van der Waals surface area contributed by atoms with Gasteiger partial charge in [0.1, 0.15) is 5.69 Å². The van der Waals surface area contributed by atoms with Crippen LogP contribution in [0.1, 0.15) is 10.5 Å². The molecule has 0 saturated carbocycles. The number of piperazine rings is 1. The summed E-state index contributed by atoms with van der Waals surface area (Å²) in [6.45, 7) is 3.11. The Balaban J connectivity index is 0.00000180. The Hall–Kier alpha value is -1.60. The molecule has 1 aromatic heterocycles. The van der Waals surface area contributed by atoms with Crippen LogP contribution in [-0.2, 0) is 4.79 Å². The van der Waals surface area contributed by atoms with E-state index in [0.717, 1.165) is 13.1 Å². The van der Waals surface area contributed by atoms with E-state index >= 15 is 0 Å². The van der Waals surface area contributed by atoms with Gasteiger partial charge in [0.05, 0.1) is 6.54 Å². The van der Waals surface area contributed by atoms with Gasteiger partial charge in [-0.3, -0.25) is 14.7 Å². The molecule has 19 heavy (non-hydrogen) atoms. The van der Waals surface area contributed by atoms with Crippen LogP contribution in [0.3, 0.4) is 0 Å². The van der Waals surface area contributed by atoms with Crippen molar-refractivity contribution in [2.75, 3.05) is 39.8 Å². The first-order valence-corrected chi connectivity index (χ1v) is 5.92. The summed E-state index contributed by atoms with van der Waals surface area (Å²) < 4.78 is 0. The summed E-state index contributed by atoms with van der Waals surface area (Å²) in [4.78, 5) is 27.0. The summed E-state index contributed by atoms with van der Waals surface area (Å²) in [5.41, 5.74) is 0.394. The third-order valence-corrected chi connectivity index (χ3v) is 2.92. The van der Waals surface area contributed by atoms with E-state index in [0.29, 0.717) is 18.8 Å². The molecule has 0 aliphatic carbocycles. The number of hydrogen-bond acceptors (Lipinski definition) is 4. The van der Waals surface area contributed by atoms with Gasteiger partial charge in [0.25, 0.3) is 5.91 Å². The first kappa shape index (κ1) is 15.5. The van der Waals surface area contributed by atoms with E-state index in [4.69, 9.17) is 0 Å². The molecule has 1 saturated heterocycles. The third-order valence-electron chi connectivity index (χ3n) is 2.92. The molecule has 1 aromatic rings. The molecule has 1 aliphatic heterocycles. The molecule has 1 fully saturated rings. The SMILES string of the molecule is CN(CC(=O)N1CCNCC1)C(=O)c1ccn[nH]1.Cl. The lowest BCUT2D eigenvalue weighted by Gasteiger charge is -2.29. The minimum absolute atomic E-state index is 0. The van der Waals surface area contributed by atoms with E-state index in [2.05, 4.69) is 15.5 Å². The van der Waals surface area contributed by atoms with Crippen LogP contribution in [-0.4, -0.2) is 71.6 Å². The number of nitrogens with zero attached hydrogens (tertiary/aromatic N) is 3. The van der Waals surface area contributed by atoms with Crippen molar-refractivity contribution in [3.05, 3.63) is 18.0 Å². The number of carbonyl (C=O) groups is 2. The summed E-state index contributed by atoms with van der Waals surface area (Å²) in [5, 5.41) is 9.49. The fourth-order valence-corrected chi connectivity index (χ4v) is 1.87. The quantitative estimate of drug-likeness (QED) is 0.773. The highest BCUT2D eigenvalue weighted by molar-refractivity contribution is 5.94. The molecular formula is C11H18ClN5O2. The van der Waals surface area contributed by atoms with Crippen molar-refractivity contribution in [1.82, 2.24) is 25.3 Å². The van der Waals surface area contributed by atoms with Crippen LogP contribution in [0, 0.1) is 0 Å². The molecule has 0 unspecified atom stereocenters. The van der Waals surface area contributed by atoms with Gasteiger partial charge in [-0.2, -0.15) is 5.10 Å². The first-order valence-electron chi connectivity index (χ1n) is 5.92. The Kier molecular flexibility index (Phi) is 5.78. The van der Waals surface area contributed by atoms with E-state index in [1.165, 1.54) is 11.1 Å². The first-order chi connectivity index (χ1) is 8.68. The second-order valence-electron chi connectivity index (χ2n) is 4.26. The molecule has 0 aromatic carbocycles. The molecule has 0 bridgehead atoms. The maximum atomic E-state index is 12.0. The highest BCUT2D eigenvalue weighted by Crippen LogP contribution is 2.00. The number of aromatic amines is 1. The molecule has 7 nitrogen and oxygen atoms in total. The molecule has 0 radical (unpaired) electrons. The average Bonchev–Trinajstić information content (AvgIpc) is 2.92. The van der Waals surface area contributed by atoms with Gasteiger partial charge in [0.15, 0.2) is 0 Å². The van der Waals surface area contributed by atoms with Crippen LogP contribution in [0.4, 0.5) is 0 Å². The average molecular weight is 288 g/mol. The number of likely N-dealkylation sites (N-methyl/N-ethyl adjacent to an activating group) is 1. The minimum Gasteiger partial charge on any atom is -0.339 e. The number of H-pyrrole nitrogens is 1. The minimum atomic E-state index is -0.226. The molecule has 2 amide bonds. The lowest BCUT2D eigenvalue weighted by Crippen LogP contribution is -2.49. The Bertz CT molecular complexity index is 417. The lowest BCUT2D eigenvalue weighted by atomic mass is 10.3. The molecule has 106 valence electrons. The van der Waals surface area contributed by atoms with Crippen LogP contribution >= 0.6 is 12.4 Å². The van der Waals surface area contributed by atoms with E-state index in [-0.39, 0.29) is 30.8 Å². The molecule has 1 aliphatic rings. The predicted octanol–water partition coefficient (Wildman–Crippen LogP) is -0.665. The Labute approximate surface area is 117 Å². The maximum Gasteiger partial charge on any atom is 0.272 e. The standard InChI is InChI=1S/C11H17N5O2.ClH/c1-15(11(18)9-2-3-13-14-9)8-10(17)16-6-4-12-5-7-16;/h2-3,12H,4-8H2,1H3,(H,13,14);1H. The highest BCUT2D eigenvalue weighted by Gasteiger charge is 2.21. The number of halogens is 1. The van der Waals surface area contributed by atoms with Gasteiger partial charge >= 0.3 is 0 Å². The lowest BCUT2D eigenvalue weighted by molar-refractivity contribution is -0.132. The number of nitrogens with one attached hydrogen (secondary N) is 2. The van der Waals surface area contributed by atoms with Gasteiger partial charge < -0.3 is 15.1 Å². The second-order valence-corrected chi connectivity index (χ2v) is 4.26. The predicted molar refractivity (Wildman–Crippen MR) is 72.2 cm³/mol. The zero-order valence-corrected chi connectivity index (χ0v) is 11.6. The van der Waals surface area contributed by atoms with Gasteiger partial charge in [-0.05, 0) is 6.07 Å². The summed E-state index contributed by atoms with van der Waals surface area (Å²) in [6.07, 6.45) is 1.51. The maximum absolute atomic E-state index is 12.0. The monoisotopic (exact) mass is 287 g/mol. The zero-order valence-electron chi connectivity index (χ0n) is 10.8. The van der Waals surface area contributed by atoms with Gasteiger partial charge in [0.2, 0.25) is 5.91 Å². The molecule has 2 heterocycles. The van der Waals surface area contributed by atoms with Gasteiger partial charge in [-0.1, -0.05) is 0 Å². The van der Waals surface area contributed by atoms with E-state index < -0.39 is 0 Å². The van der Waals surface area contributed by atoms with E-state index in [1.54, 1.807) is 18.0 Å². The van der Waals surface area contributed by atoms with Crippen molar-refractivity contribution >= 4 is 24.2 Å². The number of hydrogen-bond donors (Lipinski definition) is 2. The van der Waals surface area contributed by atoms with Crippen LogP contribution in [0.15, 0.2) is 12.3 Å². The van der Waals surface area contributed by atoms with Crippen LogP contribution in [0.5, 0.6) is 0 Å². The summed E-state index contributed by atoms with van der Waals surface area (Å²) >= 11 is 0. The van der Waals surface area contributed by atoms with E-state index in [9.17, 15) is 9.59 Å². The normalized spacial score (nSPS) is 14.7. The van der Waals surface area contributed by atoms with Crippen molar-refractivity contribution in [2.24, 2.45) is 0 Å². The van der Waals surface area contributed by atoms with Crippen molar-refractivity contribution in [2.45, 2.75) is 0 Å². The molecule has 0 spiro atoms. The number of carbonyl (C=O) groups excluding carboxylic acids is 2. The number of aromatic nitrogens is 2. The second kappa shape index (κ2) is 7.10. The summed E-state index contributed by atoms with van der Waals surface area (Å²) in [6, 6.07) is 1.59. The number of rotatable bonds is 3. The van der Waals surface area contributed by atoms with Crippen molar-refractivity contribution in [3.63, 3.8) is 0 Å².